The predicted molar refractivity (Wildman–Crippen MR) is 93.8 cm³/mol. The van der Waals surface area contributed by atoms with Gasteiger partial charge in [0, 0.05) is 26.0 Å². The number of hydrogen-bond acceptors (Lipinski definition) is 3. The van der Waals surface area contributed by atoms with Crippen molar-refractivity contribution in [2.45, 2.75) is 24.6 Å². The average Bonchev–Trinajstić information content (AvgIpc) is 2.90. The lowest BCUT2D eigenvalue weighted by Gasteiger charge is -2.15. The lowest BCUT2D eigenvalue weighted by atomic mass is 10.0. The van der Waals surface area contributed by atoms with Crippen LogP contribution in [0, 0.1) is 5.82 Å². The second-order valence-corrected chi connectivity index (χ2v) is 8.37. The SMILES string of the molecule is CNC(Cc1ccc(Br)cc1F)c1cc2c(s1)CCSC2. The van der Waals surface area contributed by atoms with E-state index in [-0.39, 0.29) is 11.9 Å². The molecule has 1 N–H and O–H groups in total. The summed E-state index contributed by atoms with van der Waals surface area (Å²) in [6.45, 7) is 0. The zero-order valence-corrected chi connectivity index (χ0v) is 15.0. The summed E-state index contributed by atoms with van der Waals surface area (Å²) >= 11 is 7.20. The van der Waals surface area contributed by atoms with Gasteiger partial charge in [0.2, 0.25) is 0 Å². The normalized spacial score (nSPS) is 15.8. The topological polar surface area (TPSA) is 12.0 Å². The van der Waals surface area contributed by atoms with Crippen molar-refractivity contribution in [1.82, 2.24) is 5.32 Å². The van der Waals surface area contributed by atoms with Crippen molar-refractivity contribution >= 4 is 39.0 Å². The van der Waals surface area contributed by atoms with Crippen molar-refractivity contribution in [2.75, 3.05) is 12.8 Å². The number of nitrogens with one attached hydrogen (secondary N) is 1. The van der Waals surface area contributed by atoms with Crippen molar-refractivity contribution in [3.8, 4) is 0 Å². The summed E-state index contributed by atoms with van der Waals surface area (Å²) in [5.74, 6) is 2.20. The monoisotopic (exact) mass is 385 g/mol. The smallest absolute Gasteiger partial charge is 0.127 e. The van der Waals surface area contributed by atoms with Gasteiger partial charge in [-0.3, -0.25) is 0 Å². The van der Waals surface area contributed by atoms with Gasteiger partial charge < -0.3 is 5.32 Å². The van der Waals surface area contributed by atoms with Crippen LogP contribution in [0.3, 0.4) is 0 Å². The van der Waals surface area contributed by atoms with Crippen molar-refractivity contribution in [3.63, 3.8) is 0 Å². The van der Waals surface area contributed by atoms with Crippen LogP contribution in [-0.4, -0.2) is 12.8 Å². The number of fused-ring (bicyclic) bond motifs is 1. The van der Waals surface area contributed by atoms with Crippen LogP contribution < -0.4 is 5.32 Å². The molecular weight excluding hydrogens is 369 g/mol. The fourth-order valence-electron chi connectivity index (χ4n) is 2.59. The van der Waals surface area contributed by atoms with Crippen LogP contribution in [0.4, 0.5) is 4.39 Å². The zero-order valence-electron chi connectivity index (χ0n) is 11.8. The fourth-order valence-corrected chi connectivity index (χ4v) is 5.41. The Labute approximate surface area is 141 Å². The summed E-state index contributed by atoms with van der Waals surface area (Å²) in [5.41, 5.74) is 2.24. The summed E-state index contributed by atoms with van der Waals surface area (Å²) in [6, 6.07) is 7.80. The minimum absolute atomic E-state index is 0.137. The Morgan fingerprint density at radius 3 is 2.95 bits per heavy atom. The maximum atomic E-state index is 14.0. The molecule has 0 saturated heterocycles. The van der Waals surface area contributed by atoms with Crippen LogP contribution in [-0.2, 0) is 18.6 Å². The second kappa shape index (κ2) is 6.82. The van der Waals surface area contributed by atoms with Gasteiger partial charge in [0.05, 0.1) is 0 Å². The van der Waals surface area contributed by atoms with Gasteiger partial charge in [0.1, 0.15) is 5.82 Å². The van der Waals surface area contributed by atoms with Gasteiger partial charge in [-0.1, -0.05) is 22.0 Å². The molecule has 2 heterocycles. The Kier molecular flexibility index (Phi) is 5.04. The summed E-state index contributed by atoms with van der Waals surface area (Å²) < 4.78 is 14.8. The van der Waals surface area contributed by atoms with Gasteiger partial charge in [-0.2, -0.15) is 11.8 Å². The van der Waals surface area contributed by atoms with E-state index >= 15 is 0 Å². The molecule has 2 aromatic rings. The molecule has 21 heavy (non-hydrogen) atoms. The van der Waals surface area contributed by atoms with E-state index in [1.54, 1.807) is 0 Å². The summed E-state index contributed by atoms with van der Waals surface area (Å²) in [4.78, 5) is 2.84. The van der Waals surface area contributed by atoms with E-state index in [2.05, 4.69) is 27.3 Å². The number of likely N-dealkylation sites (N-methyl/N-ethyl adjacent to an activating group) is 1. The molecule has 0 spiro atoms. The highest BCUT2D eigenvalue weighted by Gasteiger charge is 2.19. The number of hydrogen-bond donors (Lipinski definition) is 1. The van der Waals surface area contributed by atoms with Crippen LogP contribution in [0.15, 0.2) is 28.7 Å². The van der Waals surface area contributed by atoms with Gasteiger partial charge in [0.25, 0.3) is 0 Å². The number of aryl methyl sites for hydroxylation is 1. The van der Waals surface area contributed by atoms with Gasteiger partial charge in [-0.25, -0.2) is 4.39 Å². The van der Waals surface area contributed by atoms with Gasteiger partial charge >= 0.3 is 0 Å². The number of halogens is 2. The lowest BCUT2D eigenvalue weighted by Crippen LogP contribution is -2.18. The van der Waals surface area contributed by atoms with E-state index in [4.69, 9.17) is 0 Å². The molecule has 3 rings (SSSR count). The van der Waals surface area contributed by atoms with Crippen LogP contribution in [0.1, 0.15) is 26.9 Å². The maximum absolute atomic E-state index is 14.0. The predicted octanol–water partition coefficient (Wildman–Crippen LogP) is 4.94. The minimum atomic E-state index is -0.137. The molecule has 0 bridgehead atoms. The molecule has 1 aromatic carbocycles. The number of rotatable bonds is 4. The van der Waals surface area contributed by atoms with Gasteiger partial charge in [0.15, 0.2) is 0 Å². The molecule has 1 atom stereocenters. The summed E-state index contributed by atoms with van der Waals surface area (Å²) in [7, 11) is 1.95. The summed E-state index contributed by atoms with van der Waals surface area (Å²) in [5, 5.41) is 3.34. The Balaban J connectivity index is 1.83. The van der Waals surface area contributed by atoms with E-state index in [9.17, 15) is 4.39 Å². The first-order valence-corrected chi connectivity index (χ1v) is 9.74. The van der Waals surface area contributed by atoms with Crippen LogP contribution in [0.5, 0.6) is 0 Å². The molecular formula is C16H17BrFNS2. The van der Waals surface area contributed by atoms with Crippen LogP contribution in [0.25, 0.3) is 0 Å². The number of benzene rings is 1. The van der Waals surface area contributed by atoms with Crippen molar-refractivity contribution in [1.29, 1.82) is 0 Å². The first-order chi connectivity index (χ1) is 10.2. The van der Waals surface area contributed by atoms with E-state index in [0.29, 0.717) is 6.42 Å². The molecule has 0 radical (unpaired) electrons. The largest absolute Gasteiger partial charge is 0.312 e. The third-order valence-electron chi connectivity index (χ3n) is 3.78. The number of thioether (sulfide) groups is 1. The minimum Gasteiger partial charge on any atom is -0.312 e. The Morgan fingerprint density at radius 1 is 1.38 bits per heavy atom. The highest BCUT2D eigenvalue weighted by Crippen LogP contribution is 2.35. The first kappa shape index (κ1) is 15.5. The third kappa shape index (κ3) is 3.52. The molecule has 1 aliphatic rings. The third-order valence-corrected chi connectivity index (χ3v) is 6.63. The van der Waals surface area contributed by atoms with E-state index in [0.717, 1.165) is 15.8 Å². The van der Waals surface area contributed by atoms with Crippen molar-refractivity contribution < 1.29 is 4.39 Å². The van der Waals surface area contributed by atoms with Gasteiger partial charge in [-0.05, 0) is 55.0 Å². The standard InChI is InChI=1S/C16H17BrFNS2/c1-19-14(6-10-2-3-12(17)8-13(10)18)16-7-11-9-20-5-4-15(11)21-16/h2-3,7-8,14,19H,4-6,9H2,1H3. The molecule has 1 nitrogen and oxygen atoms in total. The van der Waals surface area contributed by atoms with Crippen LogP contribution >= 0.6 is 39.0 Å². The molecule has 0 saturated carbocycles. The van der Waals surface area contributed by atoms with E-state index in [1.165, 1.54) is 33.6 Å². The quantitative estimate of drug-likeness (QED) is 0.799. The molecule has 0 fully saturated rings. The highest BCUT2D eigenvalue weighted by molar-refractivity contribution is 9.10. The average molecular weight is 386 g/mol. The molecule has 5 heteroatoms. The molecule has 112 valence electrons. The summed E-state index contributed by atoms with van der Waals surface area (Å²) in [6.07, 6.45) is 1.86. The first-order valence-electron chi connectivity index (χ1n) is 6.98. The second-order valence-electron chi connectivity index (χ2n) is 5.18. The van der Waals surface area contributed by atoms with Crippen LogP contribution in [0.2, 0.25) is 0 Å². The van der Waals surface area contributed by atoms with Gasteiger partial charge in [-0.15, -0.1) is 11.3 Å². The Morgan fingerprint density at radius 2 is 2.24 bits per heavy atom. The lowest BCUT2D eigenvalue weighted by molar-refractivity contribution is 0.559. The Hall–Kier alpha value is -0.360. The highest BCUT2D eigenvalue weighted by atomic mass is 79.9. The van der Waals surface area contributed by atoms with E-state index < -0.39 is 0 Å². The fraction of sp³-hybridized carbons (Fsp3) is 0.375. The van der Waals surface area contributed by atoms with Crippen molar-refractivity contribution in [2.24, 2.45) is 0 Å². The molecule has 0 amide bonds. The molecule has 1 aromatic heterocycles. The molecule has 1 unspecified atom stereocenters. The Bertz CT molecular complexity index is 618. The maximum Gasteiger partial charge on any atom is 0.127 e. The van der Waals surface area contributed by atoms with E-state index in [1.807, 2.05) is 42.3 Å². The molecule has 1 aliphatic heterocycles. The molecule has 0 aliphatic carbocycles. The van der Waals surface area contributed by atoms with Crippen molar-refractivity contribution in [3.05, 3.63) is 55.4 Å². The number of thiophene rings is 1. The zero-order chi connectivity index (χ0) is 14.8.